The summed E-state index contributed by atoms with van der Waals surface area (Å²) < 4.78 is 29.5. The molecule has 114 valence electrons. The molecule has 0 atom stereocenters. The Balaban J connectivity index is 2.31. The van der Waals surface area contributed by atoms with Gasteiger partial charge in [-0.3, -0.25) is 0 Å². The summed E-state index contributed by atoms with van der Waals surface area (Å²) in [6, 6.07) is 14.3. The van der Waals surface area contributed by atoms with Gasteiger partial charge in [0.25, 0.3) is 0 Å². The van der Waals surface area contributed by atoms with E-state index in [9.17, 15) is 8.42 Å². The van der Waals surface area contributed by atoms with Crippen molar-refractivity contribution in [1.82, 2.24) is 0 Å². The number of guanidine groups is 1. The number of nitrogens with zero attached hydrogens (tertiary/aromatic N) is 2. The first-order valence-electron chi connectivity index (χ1n) is 6.19. The van der Waals surface area contributed by atoms with Crippen molar-refractivity contribution in [1.29, 1.82) is 0 Å². The topological polar surface area (TPSA) is 120 Å². The van der Waals surface area contributed by atoms with Gasteiger partial charge in [-0.2, -0.15) is 13.5 Å². The van der Waals surface area contributed by atoms with Crippen molar-refractivity contribution in [3.05, 3.63) is 60.2 Å². The molecule has 0 bridgehead atoms. The Kier molecular flexibility index (Phi) is 4.74. The van der Waals surface area contributed by atoms with Crippen LogP contribution in [0, 0.1) is 0 Å². The highest BCUT2D eigenvalue weighted by Gasteiger charge is 2.17. The summed E-state index contributed by atoms with van der Waals surface area (Å²) in [6.07, 6.45) is 1.30. The molecule has 0 spiro atoms. The maximum Gasteiger partial charge on any atom is 0.339 e. The van der Waals surface area contributed by atoms with Crippen molar-refractivity contribution in [2.45, 2.75) is 4.90 Å². The Bertz CT molecular complexity index is 798. The van der Waals surface area contributed by atoms with Crippen molar-refractivity contribution >= 4 is 22.3 Å². The highest BCUT2D eigenvalue weighted by Crippen LogP contribution is 2.21. The van der Waals surface area contributed by atoms with Gasteiger partial charge in [-0.1, -0.05) is 30.3 Å². The molecular formula is C14H14N4O3S. The van der Waals surface area contributed by atoms with E-state index >= 15 is 0 Å². The van der Waals surface area contributed by atoms with Crippen LogP contribution in [0.2, 0.25) is 0 Å². The third-order valence-electron chi connectivity index (χ3n) is 2.52. The number of hydrogen-bond donors (Lipinski definition) is 2. The van der Waals surface area contributed by atoms with Crippen LogP contribution in [0.1, 0.15) is 5.56 Å². The molecule has 0 aromatic heterocycles. The molecule has 0 amide bonds. The number of hydrogen-bond acceptors (Lipinski definition) is 5. The van der Waals surface area contributed by atoms with Gasteiger partial charge in [0.05, 0.1) is 6.21 Å². The molecule has 0 saturated carbocycles. The Morgan fingerprint density at radius 1 is 1.00 bits per heavy atom. The van der Waals surface area contributed by atoms with Crippen LogP contribution < -0.4 is 15.7 Å². The van der Waals surface area contributed by atoms with Crippen LogP contribution in [-0.4, -0.2) is 20.6 Å². The van der Waals surface area contributed by atoms with E-state index in [1.807, 2.05) is 0 Å². The highest BCUT2D eigenvalue weighted by molar-refractivity contribution is 7.87. The number of para-hydroxylation sites is 1. The fraction of sp³-hybridized carbons (Fsp3) is 0. The molecule has 0 aliphatic carbocycles. The second kappa shape index (κ2) is 6.72. The van der Waals surface area contributed by atoms with Crippen LogP contribution in [0.5, 0.6) is 5.75 Å². The predicted octanol–water partition coefficient (Wildman–Crippen LogP) is 1.06. The van der Waals surface area contributed by atoms with Crippen LogP contribution in [-0.2, 0) is 10.1 Å². The second-order valence-corrected chi connectivity index (χ2v) is 5.70. The molecule has 0 saturated heterocycles. The summed E-state index contributed by atoms with van der Waals surface area (Å²) in [5.74, 6) is -0.0764. The molecule has 0 radical (unpaired) electrons. The highest BCUT2D eigenvalue weighted by atomic mass is 32.2. The van der Waals surface area contributed by atoms with Gasteiger partial charge in [-0.05, 0) is 24.3 Å². The molecule has 0 heterocycles. The van der Waals surface area contributed by atoms with Crippen LogP contribution in [0.25, 0.3) is 0 Å². The summed E-state index contributed by atoms with van der Waals surface area (Å²) >= 11 is 0. The standard InChI is InChI=1S/C14H14N4O3S/c15-14(16)18-17-10-11-6-4-5-9-13(11)21-22(19,20)12-7-2-1-3-8-12/h1-10H,(H4,15,16,18)/b17-10+. The van der Waals surface area contributed by atoms with Crippen LogP contribution in [0.3, 0.4) is 0 Å². The summed E-state index contributed by atoms with van der Waals surface area (Å²) in [6.45, 7) is 0. The van der Waals surface area contributed by atoms with Gasteiger partial charge in [-0.15, -0.1) is 5.10 Å². The molecule has 2 aromatic carbocycles. The Labute approximate surface area is 128 Å². The zero-order valence-corrected chi connectivity index (χ0v) is 12.3. The predicted molar refractivity (Wildman–Crippen MR) is 84.1 cm³/mol. The van der Waals surface area contributed by atoms with Crippen molar-refractivity contribution < 1.29 is 12.6 Å². The quantitative estimate of drug-likeness (QED) is 0.369. The zero-order valence-electron chi connectivity index (χ0n) is 11.5. The van der Waals surface area contributed by atoms with Crippen molar-refractivity contribution in [3.63, 3.8) is 0 Å². The van der Waals surface area contributed by atoms with E-state index in [2.05, 4.69) is 10.2 Å². The lowest BCUT2D eigenvalue weighted by molar-refractivity contribution is 0.485. The molecule has 0 aliphatic rings. The van der Waals surface area contributed by atoms with E-state index in [0.717, 1.165) is 0 Å². The normalized spacial score (nSPS) is 11.3. The van der Waals surface area contributed by atoms with Gasteiger partial charge in [0.1, 0.15) is 4.90 Å². The average molecular weight is 318 g/mol. The Hall–Kier alpha value is -2.87. The minimum Gasteiger partial charge on any atom is -0.378 e. The maximum absolute atomic E-state index is 12.2. The molecular weight excluding hydrogens is 304 g/mol. The molecule has 0 fully saturated rings. The fourth-order valence-electron chi connectivity index (χ4n) is 1.57. The van der Waals surface area contributed by atoms with Gasteiger partial charge in [0.2, 0.25) is 5.96 Å². The van der Waals surface area contributed by atoms with Gasteiger partial charge in [-0.25, -0.2) is 0 Å². The fourth-order valence-corrected chi connectivity index (χ4v) is 2.55. The summed E-state index contributed by atoms with van der Waals surface area (Å²) in [5.41, 5.74) is 10.7. The lowest BCUT2D eigenvalue weighted by Crippen LogP contribution is -2.21. The van der Waals surface area contributed by atoms with Crippen LogP contribution in [0.15, 0.2) is 69.7 Å². The lowest BCUT2D eigenvalue weighted by atomic mass is 10.2. The second-order valence-electron chi connectivity index (χ2n) is 4.16. The third kappa shape index (κ3) is 4.06. The summed E-state index contributed by atoms with van der Waals surface area (Å²) in [4.78, 5) is 0.0611. The molecule has 0 unspecified atom stereocenters. The van der Waals surface area contributed by atoms with Gasteiger partial charge in [0.15, 0.2) is 5.75 Å². The first kappa shape index (κ1) is 15.5. The first-order valence-corrected chi connectivity index (χ1v) is 7.60. The SMILES string of the molecule is NC(N)=N/N=C/c1ccccc1OS(=O)(=O)c1ccccc1. The lowest BCUT2D eigenvalue weighted by Gasteiger charge is -2.08. The van der Waals surface area contributed by atoms with Crippen molar-refractivity contribution in [2.75, 3.05) is 0 Å². The minimum atomic E-state index is -3.92. The monoisotopic (exact) mass is 318 g/mol. The van der Waals surface area contributed by atoms with Crippen molar-refractivity contribution in [3.8, 4) is 5.75 Å². The Morgan fingerprint density at radius 2 is 1.64 bits per heavy atom. The average Bonchev–Trinajstić information content (AvgIpc) is 2.49. The number of benzene rings is 2. The van der Waals surface area contributed by atoms with Crippen LogP contribution >= 0.6 is 0 Å². The smallest absolute Gasteiger partial charge is 0.339 e. The summed E-state index contributed by atoms with van der Waals surface area (Å²) in [7, 11) is -3.92. The molecule has 4 N–H and O–H groups in total. The Morgan fingerprint density at radius 3 is 2.32 bits per heavy atom. The van der Waals surface area contributed by atoms with Gasteiger partial charge >= 0.3 is 10.1 Å². The minimum absolute atomic E-state index is 0.0611. The van der Waals surface area contributed by atoms with E-state index in [1.165, 1.54) is 24.4 Å². The van der Waals surface area contributed by atoms with Crippen LogP contribution in [0.4, 0.5) is 0 Å². The van der Waals surface area contributed by atoms with E-state index in [0.29, 0.717) is 5.56 Å². The first-order chi connectivity index (χ1) is 10.5. The molecule has 8 heteroatoms. The van der Waals surface area contributed by atoms with Gasteiger partial charge < -0.3 is 15.7 Å². The van der Waals surface area contributed by atoms with E-state index in [-0.39, 0.29) is 16.6 Å². The summed E-state index contributed by atoms with van der Waals surface area (Å²) in [5, 5.41) is 7.09. The van der Waals surface area contributed by atoms with E-state index < -0.39 is 10.1 Å². The molecule has 7 nitrogen and oxygen atoms in total. The number of rotatable bonds is 5. The van der Waals surface area contributed by atoms with Gasteiger partial charge in [0, 0.05) is 5.56 Å². The maximum atomic E-state index is 12.2. The number of nitrogens with two attached hydrogens (primary N) is 2. The third-order valence-corrected chi connectivity index (χ3v) is 3.77. The molecule has 2 rings (SSSR count). The zero-order chi connectivity index (χ0) is 16.0. The van der Waals surface area contributed by atoms with E-state index in [4.69, 9.17) is 15.7 Å². The van der Waals surface area contributed by atoms with E-state index in [1.54, 1.807) is 36.4 Å². The van der Waals surface area contributed by atoms with Crippen molar-refractivity contribution in [2.24, 2.45) is 21.7 Å². The molecule has 22 heavy (non-hydrogen) atoms. The molecule has 0 aliphatic heterocycles. The molecule has 2 aromatic rings. The largest absolute Gasteiger partial charge is 0.378 e.